The van der Waals surface area contributed by atoms with Gasteiger partial charge in [0, 0.05) is 6.61 Å². The number of amides is 2. The molecular weight excluding hydrogens is 208 g/mol. The van der Waals surface area contributed by atoms with E-state index in [0.717, 1.165) is 19.3 Å². The van der Waals surface area contributed by atoms with Gasteiger partial charge in [-0.3, -0.25) is 9.59 Å². The van der Waals surface area contributed by atoms with Crippen LogP contribution in [0.15, 0.2) is 0 Å². The maximum atomic E-state index is 11.7. The molecule has 0 aromatic carbocycles. The van der Waals surface area contributed by atoms with Gasteiger partial charge in [0.1, 0.15) is 6.04 Å². The molecule has 0 aliphatic carbocycles. The van der Waals surface area contributed by atoms with Gasteiger partial charge in [-0.25, -0.2) is 0 Å². The Balaban J connectivity index is 2.40. The number of carbonyl (C=O) groups excluding carboxylic acids is 2. The Morgan fingerprint density at radius 2 is 2.31 bits per heavy atom. The molecule has 1 aliphatic heterocycles. The zero-order valence-corrected chi connectivity index (χ0v) is 9.70. The molecule has 1 heterocycles. The lowest BCUT2D eigenvalue weighted by molar-refractivity contribution is -0.130. The standard InChI is InChI=1S/C11H20N2O3/c1-2-3-4-9(10(12)14)13-11(15)8-5-6-16-7-8/h8-9H,2-7H2,1H3,(H2,12,14)(H,13,15)/t8-,9+/m1/s1. The summed E-state index contributed by atoms with van der Waals surface area (Å²) in [6.07, 6.45) is 3.21. The molecule has 0 bridgehead atoms. The highest BCUT2D eigenvalue weighted by Gasteiger charge is 2.26. The van der Waals surface area contributed by atoms with Crippen LogP contribution in [0, 0.1) is 5.92 Å². The molecule has 2 amide bonds. The number of primary amides is 1. The van der Waals surface area contributed by atoms with Gasteiger partial charge in [-0.15, -0.1) is 0 Å². The summed E-state index contributed by atoms with van der Waals surface area (Å²) >= 11 is 0. The summed E-state index contributed by atoms with van der Waals surface area (Å²) in [4.78, 5) is 22.9. The molecule has 0 spiro atoms. The predicted molar refractivity (Wildman–Crippen MR) is 59.6 cm³/mol. The highest BCUT2D eigenvalue weighted by molar-refractivity contribution is 5.87. The van der Waals surface area contributed by atoms with Gasteiger partial charge in [0.25, 0.3) is 0 Å². The van der Waals surface area contributed by atoms with Crippen molar-refractivity contribution in [3.8, 4) is 0 Å². The van der Waals surface area contributed by atoms with Crippen molar-refractivity contribution in [3.05, 3.63) is 0 Å². The molecule has 0 radical (unpaired) electrons. The third-order valence-electron chi connectivity index (χ3n) is 2.81. The zero-order valence-electron chi connectivity index (χ0n) is 9.70. The number of ether oxygens (including phenoxy) is 1. The first-order valence-electron chi connectivity index (χ1n) is 5.82. The van der Waals surface area contributed by atoms with Crippen LogP contribution in [0.25, 0.3) is 0 Å². The largest absolute Gasteiger partial charge is 0.381 e. The van der Waals surface area contributed by atoms with Crippen molar-refractivity contribution in [2.45, 2.75) is 38.6 Å². The molecule has 2 atom stereocenters. The molecule has 0 aromatic heterocycles. The molecular formula is C11H20N2O3. The normalized spacial score (nSPS) is 21.7. The second kappa shape index (κ2) is 6.48. The summed E-state index contributed by atoms with van der Waals surface area (Å²) in [6.45, 7) is 3.10. The number of unbranched alkanes of at least 4 members (excludes halogenated alkanes) is 1. The molecule has 92 valence electrons. The van der Waals surface area contributed by atoms with E-state index in [1.807, 2.05) is 6.92 Å². The van der Waals surface area contributed by atoms with Crippen LogP contribution in [0.2, 0.25) is 0 Å². The van der Waals surface area contributed by atoms with Crippen LogP contribution in [-0.2, 0) is 14.3 Å². The number of rotatable bonds is 6. The van der Waals surface area contributed by atoms with Crippen molar-refractivity contribution < 1.29 is 14.3 Å². The fourth-order valence-electron chi connectivity index (χ4n) is 1.72. The average Bonchev–Trinajstić information content (AvgIpc) is 2.76. The zero-order chi connectivity index (χ0) is 12.0. The molecule has 3 N–H and O–H groups in total. The Kier molecular flexibility index (Phi) is 5.25. The lowest BCUT2D eigenvalue weighted by Gasteiger charge is -2.17. The first-order valence-corrected chi connectivity index (χ1v) is 5.82. The van der Waals surface area contributed by atoms with Gasteiger partial charge < -0.3 is 15.8 Å². The summed E-state index contributed by atoms with van der Waals surface area (Å²) in [5.41, 5.74) is 5.24. The third-order valence-corrected chi connectivity index (χ3v) is 2.81. The predicted octanol–water partition coefficient (Wildman–Crippen LogP) is 0.183. The quantitative estimate of drug-likeness (QED) is 0.680. The number of hydrogen-bond acceptors (Lipinski definition) is 3. The average molecular weight is 228 g/mol. The second-order valence-electron chi connectivity index (χ2n) is 4.17. The van der Waals surface area contributed by atoms with Crippen molar-refractivity contribution in [2.75, 3.05) is 13.2 Å². The summed E-state index contributed by atoms with van der Waals surface area (Å²) in [5.74, 6) is -0.693. The molecule has 1 rings (SSSR count). The van der Waals surface area contributed by atoms with Crippen molar-refractivity contribution in [1.29, 1.82) is 0 Å². The lowest BCUT2D eigenvalue weighted by Crippen LogP contribution is -2.46. The molecule has 0 saturated carbocycles. The van der Waals surface area contributed by atoms with E-state index in [2.05, 4.69) is 5.32 Å². The van der Waals surface area contributed by atoms with E-state index in [1.54, 1.807) is 0 Å². The van der Waals surface area contributed by atoms with E-state index in [-0.39, 0.29) is 11.8 Å². The fraction of sp³-hybridized carbons (Fsp3) is 0.818. The number of nitrogens with one attached hydrogen (secondary N) is 1. The van der Waals surface area contributed by atoms with Crippen LogP contribution < -0.4 is 11.1 Å². The van der Waals surface area contributed by atoms with E-state index < -0.39 is 11.9 Å². The van der Waals surface area contributed by atoms with Crippen LogP contribution in [-0.4, -0.2) is 31.1 Å². The molecule has 16 heavy (non-hydrogen) atoms. The van der Waals surface area contributed by atoms with Gasteiger partial charge in [-0.2, -0.15) is 0 Å². The maximum absolute atomic E-state index is 11.7. The van der Waals surface area contributed by atoms with Crippen LogP contribution in [0.5, 0.6) is 0 Å². The number of carbonyl (C=O) groups is 2. The van der Waals surface area contributed by atoms with E-state index in [9.17, 15) is 9.59 Å². The molecule has 0 aromatic rings. The minimum atomic E-state index is -0.534. The van der Waals surface area contributed by atoms with Gasteiger partial charge in [-0.1, -0.05) is 19.8 Å². The maximum Gasteiger partial charge on any atom is 0.239 e. The van der Waals surface area contributed by atoms with E-state index in [4.69, 9.17) is 10.5 Å². The monoisotopic (exact) mass is 228 g/mol. The Bertz CT molecular complexity index is 250. The molecule has 1 aliphatic rings. The van der Waals surface area contributed by atoms with Crippen LogP contribution in [0.1, 0.15) is 32.6 Å². The van der Waals surface area contributed by atoms with Gasteiger partial charge in [0.05, 0.1) is 12.5 Å². The van der Waals surface area contributed by atoms with Crippen molar-refractivity contribution >= 4 is 11.8 Å². The molecule has 1 saturated heterocycles. The highest BCUT2D eigenvalue weighted by Crippen LogP contribution is 2.13. The van der Waals surface area contributed by atoms with Crippen LogP contribution in [0.3, 0.4) is 0 Å². The van der Waals surface area contributed by atoms with Crippen LogP contribution >= 0.6 is 0 Å². The minimum Gasteiger partial charge on any atom is -0.381 e. The van der Waals surface area contributed by atoms with Crippen molar-refractivity contribution in [2.24, 2.45) is 11.7 Å². The van der Waals surface area contributed by atoms with E-state index in [1.165, 1.54) is 0 Å². The SMILES string of the molecule is CCCC[C@H](NC(=O)[C@@H]1CCOC1)C(N)=O. The summed E-state index contributed by atoms with van der Waals surface area (Å²) < 4.78 is 5.12. The number of nitrogens with two attached hydrogens (primary N) is 1. The first kappa shape index (κ1) is 13.0. The minimum absolute atomic E-state index is 0.114. The Labute approximate surface area is 95.7 Å². The summed E-state index contributed by atoms with van der Waals surface area (Å²) in [7, 11) is 0. The molecule has 0 unspecified atom stereocenters. The summed E-state index contributed by atoms with van der Waals surface area (Å²) in [6, 6.07) is -0.534. The number of hydrogen-bond donors (Lipinski definition) is 2. The third kappa shape index (κ3) is 3.81. The van der Waals surface area contributed by atoms with Gasteiger partial charge in [0.2, 0.25) is 11.8 Å². The molecule has 1 fully saturated rings. The van der Waals surface area contributed by atoms with Gasteiger partial charge in [0.15, 0.2) is 0 Å². The second-order valence-corrected chi connectivity index (χ2v) is 4.17. The van der Waals surface area contributed by atoms with Crippen molar-refractivity contribution in [3.63, 3.8) is 0 Å². The Morgan fingerprint density at radius 1 is 1.56 bits per heavy atom. The van der Waals surface area contributed by atoms with E-state index in [0.29, 0.717) is 19.6 Å². The van der Waals surface area contributed by atoms with Gasteiger partial charge in [-0.05, 0) is 12.8 Å². The summed E-state index contributed by atoms with van der Waals surface area (Å²) in [5, 5.41) is 2.70. The van der Waals surface area contributed by atoms with Gasteiger partial charge >= 0.3 is 0 Å². The van der Waals surface area contributed by atoms with E-state index >= 15 is 0 Å². The van der Waals surface area contributed by atoms with Crippen molar-refractivity contribution in [1.82, 2.24) is 5.32 Å². The smallest absolute Gasteiger partial charge is 0.239 e. The van der Waals surface area contributed by atoms with Crippen LogP contribution in [0.4, 0.5) is 0 Å². The lowest BCUT2D eigenvalue weighted by atomic mass is 10.1. The first-order chi connectivity index (χ1) is 7.65. The topological polar surface area (TPSA) is 81.4 Å². The Hall–Kier alpha value is -1.10. The highest BCUT2D eigenvalue weighted by atomic mass is 16.5. The molecule has 5 heteroatoms. The molecule has 5 nitrogen and oxygen atoms in total. The Morgan fingerprint density at radius 3 is 2.81 bits per heavy atom. The fourth-order valence-corrected chi connectivity index (χ4v) is 1.72.